The molecular formula is C18H28N2O3S. The van der Waals surface area contributed by atoms with E-state index in [2.05, 4.69) is 29.3 Å². The molecule has 1 amide bonds. The van der Waals surface area contributed by atoms with Crippen molar-refractivity contribution in [2.75, 3.05) is 25.1 Å². The SMILES string of the molecule is CCC[C@@H]1CN(Cc2ccccc2)C[C@H]1NC(=O)CCS(C)(=O)=O. The van der Waals surface area contributed by atoms with Crippen LogP contribution in [0.3, 0.4) is 0 Å². The van der Waals surface area contributed by atoms with Gasteiger partial charge in [-0.05, 0) is 17.9 Å². The summed E-state index contributed by atoms with van der Waals surface area (Å²) in [6.07, 6.45) is 3.37. The first-order valence-corrected chi connectivity index (χ1v) is 10.7. The van der Waals surface area contributed by atoms with E-state index >= 15 is 0 Å². The minimum atomic E-state index is -3.10. The maximum atomic E-state index is 12.1. The molecule has 1 aromatic rings. The van der Waals surface area contributed by atoms with Gasteiger partial charge in [-0.15, -0.1) is 0 Å². The van der Waals surface area contributed by atoms with Gasteiger partial charge in [0.15, 0.2) is 0 Å². The van der Waals surface area contributed by atoms with Gasteiger partial charge in [0.1, 0.15) is 9.84 Å². The van der Waals surface area contributed by atoms with Crippen LogP contribution in [0.2, 0.25) is 0 Å². The summed E-state index contributed by atoms with van der Waals surface area (Å²) in [5.41, 5.74) is 1.27. The predicted octanol–water partition coefficient (Wildman–Crippen LogP) is 1.84. The van der Waals surface area contributed by atoms with Crippen molar-refractivity contribution >= 4 is 15.7 Å². The molecule has 0 unspecified atom stereocenters. The Morgan fingerprint density at radius 2 is 1.96 bits per heavy atom. The van der Waals surface area contributed by atoms with E-state index in [0.717, 1.165) is 38.7 Å². The number of likely N-dealkylation sites (tertiary alicyclic amines) is 1. The molecule has 1 N–H and O–H groups in total. The van der Waals surface area contributed by atoms with Crippen molar-refractivity contribution in [3.8, 4) is 0 Å². The number of rotatable bonds is 8. The van der Waals surface area contributed by atoms with Crippen molar-refractivity contribution in [3.05, 3.63) is 35.9 Å². The first-order valence-electron chi connectivity index (χ1n) is 8.60. The second-order valence-corrected chi connectivity index (χ2v) is 9.04. The van der Waals surface area contributed by atoms with Gasteiger partial charge in [-0.1, -0.05) is 43.7 Å². The summed E-state index contributed by atoms with van der Waals surface area (Å²) >= 11 is 0. The second-order valence-electron chi connectivity index (χ2n) is 6.78. The third-order valence-electron chi connectivity index (χ3n) is 4.47. The highest BCUT2D eigenvalue weighted by atomic mass is 32.2. The fourth-order valence-corrected chi connectivity index (χ4v) is 3.87. The van der Waals surface area contributed by atoms with Crippen LogP contribution in [0.25, 0.3) is 0 Å². The number of benzene rings is 1. The van der Waals surface area contributed by atoms with Gasteiger partial charge in [-0.25, -0.2) is 8.42 Å². The molecule has 0 saturated carbocycles. The number of nitrogens with one attached hydrogen (secondary N) is 1. The topological polar surface area (TPSA) is 66.5 Å². The lowest BCUT2D eigenvalue weighted by Gasteiger charge is -2.19. The number of carbonyl (C=O) groups is 1. The van der Waals surface area contributed by atoms with Gasteiger partial charge in [0.05, 0.1) is 5.75 Å². The molecule has 0 bridgehead atoms. The Bertz CT molecular complexity index is 631. The number of hydrogen-bond donors (Lipinski definition) is 1. The van der Waals surface area contributed by atoms with Crippen molar-refractivity contribution in [2.45, 2.75) is 38.8 Å². The number of amides is 1. The number of sulfone groups is 1. The van der Waals surface area contributed by atoms with E-state index in [9.17, 15) is 13.2 Å². The lowest BCUT2D eigenvalue weighted by molar-refractivity contribution is -0.121. The van der Waals surface area contributed by atoms with Crippen LogP contribution >= 0.6 is 0 Å². The van der Waals surface area contributed by atoms with E-state index in [1.807, 2.05) is 18.2 Å². The largest absolute Gasteiger partial charge is 0.352 e. The summed E-state index contributed by atoms with van der Waals surface area (Å²) in [5, 5.41) is 3.06. The molecule has 1 aliphatic heterocycles. The Kier molecular flexibility index (Phi) is 6.80. The molecule has 0 spiro atoms. The van der Waals surface area contributed by atoms with E-state index in [1.54, 1.807) is 0 Å². The average molecular weight is 353 g/mol. The number of carbonyl (C=O) groups excluding carboxylic acids is 1. The standard InChI is InChI=1S/C18H28N2O3S/c1-3-7-16-13-20(12-15-8-5-4-6-9-15)14-17(16)19-18(21)10-11-24(2,22)23/h4-6,8-9,16-17H,3,7,10-14H2,1-2H3,(H,19,21)/t16-,17-/m1/s1. The van der Waals surface area contributed by atoms with Crippen molar-refractivity contribution in [1.82, 2.24) is 10.2 Å². The molecule has 2 atom stereocenters. The van der Waals surface area contributed by atoms with Crippen molar-refractivity contribution in [2.24, 2.45) is 5.92 Å². The molecule has 6 heteroatoms. The Hall–Kier alpha value is -1.40. The van der Waals surface area contributed by atoms with Gasteiger partial charge in [-0.3, -0.25) is 9.69 Å². The maximum Gasteiger partial charge on any atom is 0.221 e. The van der Waals surface area contributed by atoms with Gasteiger partial charge in [0, 0.05) is 38.4 Å². The summed E-state index contributed by atoms with van der Waals surface area (Å²) < 4.78 is 22.4. The first-order chi connectivity index (χ1) is 11.4. The zero-order chi connectivity index (χ0) is 17.6. The molecule has 0 aliphatic carbocycles. The van der Waals surface area contributed by atoms with E-state index in [4.69, 9.17) is 0 Å². The summed E-state index contributed by atoms with van der Waals surface area (Å²) in [6.45, 7) is 4.84. The molecule has 1 aliphatic rings. The summed E-state index contributed by atoms with van der Waals surface area (Å²) in [5.74, 6) is 0.187. The fourth-order valence-electron chi connectivity index (χ4n) is 3.32. The quantitative estimate of drug-likeness (QED) is 0.775. The Morgan fingerprint density at radius 3 is 2.58 bits per heavy atom. The highest BCUT2D eigenvalue weighted by molar-refractivity contribution is 7.90. The molecule has 24 heavy (non-hydrogen) atoms. The van der Waals surface area contributed by atoms with Crippen LogP contribution in [0, 0.1) is 5.92 Å². The third-order valence-corrected chi connectivity index (χ3v) is 5.42. The molecular weight excluding hydrogens is 324 g/mol. The van der Waals surface area contributed by atoms with Gasteiger partial charge < -0.3 is 5.32 Å². The van der Waals surface area contributed by atoms with Crippen LogP contribution < -0.4 is 5.32 Å². The minimum Gasteiger partial charge on any atom is -0.352 e. The predicted molar refractivity (Wildman–Crippen MR) is 96.4 cm³/mol. The van der Waals surface area contributed by atoms with E-state index in [1.165, 1.54) is 5.56 Å². The molecule has 1 heterocycles. The molecule has 2 rings (SSSR count). The monoisotopic (exact) mass is 352 g/mol. The zero-order valence-corrected chi connectivity index (χ0v) is 15.4. The molecule has 5 nitrogen and oxygen atoms in total. The lowest BCUT2D eigenvalue weighted by atomic mass is 9.98. The van der Waals surface area contributed by atoms with Crippen LogP contribution in [-0.2, 0) is 21.2 Å². The average Bonchev–Trinajstić information content (AvgIpc) is 2.87. The van der Waals surface area contributed by atoms with E-state index in [0.29, 0.717) is 5.92 Å². The van der Waals surface area contributed by atoms with Crippen molar-refractivity contribution < 1.29 is 13.2 Å². The van der Waals surface area contributed by atoms with Crippen molar-refractivity contribution in [1.29, 1.82) is 0 Å². The highest BCUT2D eigenvalue weighted by Gasteiger charge is 2.32. The molecule has 1 fully saturated rings. The van der Waals surface area contributed by atoms with Crippen molar-refractivity contribution in [3.63, 3.8) is 0 Å². The summed E-state index contributed by atoms with van der Waals surface area (Å²) in [6, 6.07) is 10.4. The van der Waals surface area contributed by atoms with Crippen LogP contribution in [0.4, 0.5) is 0 Å². The van der Waals surface area contributed by atoms with Crippen LogP contribution in [-0.4, -0.2) is 50.4 Å². The Balaban J connectivity index is 1.91. The third kappa shape index (κ3) is 6.24. The molecule has 0 radical (unpaired) electrons. The smallest absolute Gasteiger partial charge is 0.221 e. The van der Waals surface area contributed by atoms with Gasteiger partial charge in [-0.2, -0.15) is 0 Å². The minimum absolute atomic E-state index is 0.0485. The first kappa shape index (κ1) is 18.9. The van der Waals surface area contributed by atoms with Gasteiger partial charge in [0.25, 0.3) is 0 Å². The normalized spacial score (nSPS) is 21.8. The van der Waals surface area contributed by atoms with Crippen LogP contribution in [0.5, 0.6) is 0 Å². The fraction of sp³-hybridized carbons (Fsp3) is 0.611. The Labute approximate surface area is 145 Å². The molecule has 0 aromatic heterocycles. The number of nitrogens with zero attached hydrogens (tertiary/aromatic N) is 1. The van der Waals surface area contributed by atoms with Crippen LogP contribution in [0.1, 0.15) is 31.7 Å². The summed E-state index contributed by atoms with van der Waals surface area (Å²) in [4.78, 5) is 14.4. The van der Waals surface area contributed by atoms with Gasteiger partial charge in [0.2, 0.25) is 5.91 Å². The highest BCUT2D eigenvalue weighted by Crippen LogP contribution is 2.23. The summed E-state index contributed by atoms with van der Waals surface area (Å²) in [7, 11) is -3.10. The van der Waals surface area contributed by atoms with E-state index < -0.39 is 9.84 Å². The van der Waals surface area contributed by atoms with E-state index in [-0.39, 0.29) is 24.1 Å². The molecule has 1 saturated heterocycles. The molecule has 1 aromatic carbocycles. The zero-order valence-electron chi connectivity index (χ0n) is 14.6. The second kappa shape index (κ2) is 8.62. The van der Waals surface area contributed by atoms with Crippen LogP contribution in [0.15, 0.2) is 30.3 Å². The maximum absolute atomic E-state index is 12.1. The molecule has 134 valence electrons. The Morgan fingerprint density at radius 1 is 1.25 bits per heavy atom. The number of hydrogen-bond acceptors (Lipinski definition) is 4. The lowest BCUT2D eigenvalue weighted by Crippen LogP contribution is -2.41. The van der Waals surface area contributed by atoms with Gasteiger partial charge >= 0.3 is 0 Å².